The molecule has 0 bridgehead atoms. The van der Waals surface area contributed by atoms with Crippen LogP contribution in [0.2, 0.25) is 5.02 Å². The van der Waals surface area contributed by atoms with Gasteiger partial charge in [-0.05, 0) is 71.6 Å². The number of benzene rings is 3. The molecule has 0 N–H and O–H groups in total. The van der Waals surface area contributed by atoms with E-state index in [2.05, 4.69) is 12.1 Å². The van der Waals surface area contributed by atoms with Crippen molar-refractivity contribution in [3.8, 4) is 11.5 Å². The van der Waals surface area contributed by atoms with Gasteiger partial charge in [0.1, 0.15) is 11.5 Å². The van der Waals surface area contributed by atoms with E-state index in [-0.39, 0.29) is 24.1 Å². The number of hydrogen-bond acceptors (Lipinski definition) is 6. The van der Waals surface area contributed by atoms with E-state index < -0.39 is 0 Å². The number of ether oxygens (including phenoxy) is 4. The topological polar surface area (TPSA) is 71.1 Å². The Hall–Kier alpha value is -2.99. The fourth-order valence-electron chi connectivity index (χ4n) is 5.53. The van der Waals surface area contributed by atoms with Gasteiger partial charge in [0.2, 0.25) is 0 Å². The van der Waals surface area contributed by atoms with Crippen LogP contribution in [-0.4, -0.2) is 37.4 Å². The van der Waals surface area contributed by atoms with Gasteiger partial charge in [0.25, 0.3) is 0 Å². The largest absolute Gasteiger partial charge is 0.492 e. The van der Waals surface area contributed by atoms with Crippen molar-refractivity contribution in [2.24, 2.45) is 0 Å². The first-order valence-electron chi connectivity index (χ1n) is 17.0. The number of halogens is 1. The summed E-state index contributed by atoms with van der Waals surface area (Å²) in [7, 11) is 0. The first-order valence-corrected chi connectivity index (χ1v) is 17.4. The molecule has 248 valence electrons. The van der Waals surface area contributed by atoms with Crippen LogP contribution in [-0.2, 0) is 19.1 Å². The van der Waals surface area contributed by atoms with E-state index in [4.69, 9.17) is 30.5 Å². The van der Waals surface area contributed by atoms with Crippen LogP contribution in [0.25, 0.3) is 21.5 Å². The highest BCUT2D eigenvalue weighted by molar-refractivity contribution is 6.31. The van der Waals surface area contributed by atoms with E-state index >= 15 is 0 Å². The van der Waals surface area contributed by atoms with Crippen molar-refractivity contribution < 1.29 is 28.5 Å². The highest BCUT2D eigenvalue weighted by Crippen LogP contribution is 2.43. The average Bonchev–Trinajstić information content (AvgIpc) is 2.99. The van der Waals surface area contributed by atoms with Gasteiger partial charge in [-0.2, -0.15) is 0 Å². The minimum atomic E-state index is -0.0973. The Morgan fingerprint density at radius 2 is 0.956 bits per heavy atom. The molecule has 0 aliphatic carbocycles. The predicted octanol–water partition coefficient (Wildman–Crippen LogP) is 10.8. The molecule has 3 aromatic carbocycles. The molecule has 0 aliphatic heterocycles. The molecule has 0 saturated heterocycles. The van der Waals surface area contributed by atoms with Gasteiger partial charge in [0.15, 0.2) is 0 Å². The summed E-state index contributed by atoms with van der Waals surface area (Å²) in [6, 6.07) is 14.2. The van der Waals surface area contributed by atoms with Crippen LogP contribution >= 0.6 is 11.6 Å². The zero-order valence-corrected chi connectivity index (χ0v) is 28.6. The van der Waals surface area contributed by atoms with Crippen LogP contribution in [0, 0.1) is 0 Å². The first kappa shape index (κ1) is 36.5. The van der Waals surface area contributed by atoms with E-state index in [1.807, 2.05) is 58.0 Å². The second kappa shape index (κ2) is 20.2. The molecule has 0 aliphatic rings. The van der Waals surface area contributed by atoms with Gasteiger partial charge in [0.05, 0.1) is 25.4 Å². The summed E-state index contributed by atoms with van der Waals surface area (Å²) in [4.78, 5) is 23.4. The van der Waals surface area contributed by atoms with Crippen LogP contribution < -0.4 is 9.47 Å². The molecule has 3 rings (SSSR count). The summed E-state index contributed by atoms with van der Waals surface area (Å²) in [6.45, 7) is 8.80. The second-order valence-corrected chi connectivity index (χ2v) is 12.8. The molecule has 0 heterocycles. The number of carbonyl (C=O) groups excluding carboxylic acids is 2. The summed E-state index contributed by atoms with van der Waals surface area (Å²) in [5.41, 5.74) is 0. The number of fused-ring (bicyclic) bond motifs is 2. The molecule has 7 heteroatoms. The van der Waals surface area contributed by atoms with E-state index in [0.717, 1.165) is 110 Å². The van der Waals surface area contributed by atoms with Gasteiger partial charge in [-0.1, -0.05) is 87.2 Å². The maximum atomic E-state index is 11.7. The number of rotatable bonds is 22. The Kier molecular flexibility index (Phi) is 16.4. The van der Waals surface area contributed by atoms with Crippen LogP contribution in [0.1, 0.15) is 118 Å². The molecule has 0 fully saturated rings. The lowest BCUT2D eigenvalue weighted by Gasteiger charge is -2.18. The molecular weight excluding hydrogens is 588 g/mol. The quantitative estimate of drug-likeness (QED) is 0.0618. The fraction of sp³-hybridized carbons (Fsp3) is 0.579. The summed E-state index contributed by atoms with van der Waals surface area (Å²) in [6.07, 6.45) is 13.3. The Bertz CT molecular complexity index is 1330. The minimum absolute atomic E-state index is 0.0421. The molecule has 0 aromatic heterocycles. The van der Waals surface area contributed by atoms with Crippen LogP contribution in [0.4, 0.5) is 0 Å². The van der Waals surface area contributed by atoms with Gasteiger partial charge < -0.3 is 18.9 Å². The maximum Gasteiger partial charge on any atom is 0.306 e. The van der Waals surface area contributed by atoms with Crippen molar-refractivity contribution in [2.75, 3.05) is 13.2 Å². The molecule has 3 aromatic rings. The first-order chi connectivity index (χ1) is 21.8. The van der Waals surface area contributed by atoms with Crippen LogP contribution in [0.3, 0.4) is 0 Å². The number of esters is 2. The monoisotopic (exact) mass is 640 g/mol. The van der Waals surface area contributed by atoms with Crippen molar-refractivity contribution in [3.05, 3.63) is 47.5 Å². The molecule has 0 unspecified atom stereocenters. The molecule has 6 nitrogen and oxygen atoms in total. The third kappa shape index (κ3) is 13.1. The summed E-state index contributed by atoms with van der Waals surface area (Å²) in [5.74, 6) is 1.54. The Balaban J connectivity index is 1.48. The van der Waals surface area contributed by atoms with E-state index in [1.54, 1.807) is 0 Å². The van der Waals surface area contributed by atoms with E-state index in [0.29, 0.717) is 31.1 Å². The van der Waals surface area contributed by atoms with Crippen LogP contribution in [0.15, 0.2) is 42.5 Å². The van der Waals surface area contributed by atoms with Crippen molar-refractivity contribution in [1.82, 2.24) is 0 Å². The Labute approximate surface area is 275 Å². The molecule has 0 saturated carbocycles. The lowest BCUT2D eigenvalue weighted by molar-refractivity contribution is -0.148. The van der Waals surface area contributed by atoms with Crippen molar-refractivity contribution in [3.63, 3.8) is 0 Å². The highest BCUT2D eigenvalue weighted by atomic mass is 35.5. The summed E-state index contributed by atoms with van der Waals surface area (Å²) >= 11 is 6.47. The van der Waals surface area contributed by atoms with Gasteiger partial charge in [-0.3, -0.25) is 9.59 Å². The summed E-state index contributed by atoms with van der Waals surface area (Å²) in [5, 5.41) is 4.74. The molecule has 0 amide bonds. The highest BCUT2D eigenvalue weighted by Gasteiger charge is 2.17. The maximum absolute atomic E-state index is 11.7. The van der Waals surface area contributed by atoms with Crippen molar-refractivity contribution in [1.29, 1.82) is 0 Å². The van der Waals surface area contributed by atoms with Gasteiger partial charge in [-0.25, -0.2) is 0 Å². The summed E-state index contributed by atoms with van der Waals surface area (Å²) < 4.78 is 23.3. The van der Waals surface area contributed by atoms with Crippen molar-refractivity contribution >= 4 is 45.1 Å². The zero-order valence-electron chi connectivity index (χ0n) is 27.8. The van der Waals surface area contributed by atoms with E-state index in [9.17, 15) is 9.59 Å². The third-order valence-electron chi connectivity index (χ3n) is 7.66. The van der Waals surface area contributed by atoms with Gasteiger partial charge in [-0.15, -0.1) is 0 Å². The minimum Gasteiger partial charge on any atom is -0.492 e. The zero-order chi connectivity index (χ0) is 32.4. The second-order valence-electron chi connectivity index (χ2n) is 12.4. The number of carbonyl (C=O) groups is 2. The lowest BCUT2D eigenvalue weighted by Crippen LogP contribution is -2.10. The molecular formula is C38H53ClO6. The standard InChI is InChI=1S/C38H53ClO6/c1-28(2)44-35(40)21-13-9-5-7-11-17-25-42-37-31-19-15-16-20-32(31)38(34-27-30(39)23-24-33(34)37)43-26-18-12-8-6-10-14-22-36(41)45-29(3)4/h15-16,19-20,23-24,27-29H,5-14,17-18,21-22,25-26H2,1-4H3. The van der Waals surface area contributed by atoms with Gasteiger partial charge >= 0.3 is 11.9 Å². The third-order valence-corrected chi connectivity index (χ3v) is 7.90. The fourth-order valence-corrected chi connectivity index (χ4v) is 5.70. The van der Waals surface area contributed by atoms with Crippen molar-refractivity contribution in [2.45, 2.75) is 130 Å². The number of hydrogen-bond donors (Lipinski definition) is 0. The normalized spacial score (nSPS) is 11.4. The lowest BCUT2D eigenvalue weighted by atomic mass is 10.0. The molecule has 0 radical (unpaired) electrons. The van der Waals surface area contributed by atoms with Crippen LogP contribution in [0.5, 0.6) is 11.5 Å². The Morgan fingerprint density at radius 3 is 1.42 bits per heavy atom. The predicted molar refractivity (Wildman–Crippen MR) is 185 cm³/mol. The smallest absolute Gasteiger partial charge is 0.306 e. The van der Waals surface area contributed by atoms with Gasteiger partial charge in [0, 0.05) is 39.4 Å². The molecule has 0 atom stereocenters. The molecule has 0 spiro atoms. The average molecular weight is 641 g/mol. The Morgan fingerprint density at radius 1 is 0.556 bits per heavy atom. The number of unbranched alkanes of at least 4 members (excludes halogenated alkanes) is 10. The van der Waals surface area contributed by atoms with E-state index in [1.165, 1.54) is 0 Å². The molecule has 45 heavy (non-hydrogen) atoms. The SMILES string of the molecule is CC(C)OC(=O)CCCCCCCCOc1c2ccccc2c(OCCCCCCCCC(=O)OC(C)C)c2cc(Cl)ccc12.